The minimum atomic E-state index is 0.0160. The molecule has 3 heterocycles. The van der Waals surface area contributed by atoms with Crippen LogP contribution in [0.25, 0.3) is 32.9 Å². The second-order valence-electron chi connectivity index (χ2n) is 13.3. The molecule has 5 aromatic rings. The van der Waals surface area contributed by atoms with Gasteiger partial charge in [0.2, 0.25) is 0 Å². The van der Waals surface area contributed by atoms with Crippen molar-refractivity contribution in [2.45, 2.75) is 66.2 Å². The van der Waals surface area contributed by atoms with Crippen LogP contribution in [-0.4, -0.2) is 11.3 Å². The van der Waals surface area contributed by atoms with Crippen LogP contribution in [0.5, 0.6) is 11.5 Å². The largest absolute Gasteiger partial charge is 0.458 e. The molecule has 0 saturated carbocycles. The molecule has 0 fully saturated rings. The normalized spacial score (nSPS) is 14.1. The van der Waals surface area contributed by atoms with Gasteiger partial charge >= 0.3 is 6.85 Å². The van der Waals surface area contributed by atoms with Crippen molar-refractivity contribution in [2.24, 2.45) is 0 Å². The lowest BCUT2D eigenvalue weighted by Gasteiger charge is -2.36. The SMILES string of the molecule is Cc1ccc2c(c1)c1cc(C)cc3c1n2B1c2ccc(C(C)(C)C)cc2Oc2cc(C(C)(C)C)cc-3c21. The van der Waals surface area contributed by atoms with E-state index >= 15 is 0 Å². The Hall–Kier alpha value is -3.46. The van der Waals surface area contributed by atoms with Crippen molar-refractivity contribution in [3.8, 4) is 22.6 Å². The number of hydrogen-bond donors (Lipinski definition) is 0. The number of fused-ring (bicyclic) bond motifs is 7. The molecule has 4 aromatic carbocycles. The Morgan fingerprint density at radius 3 is 2.08 bits per heavy atom. The van der Waals surface area contributed by atoms with Gasteiger partial charge in [-0.05, 0) is 88.8 Å². The molecule has 37 heavy (non-hydrogen) atoms. The highest BCUT2D eigenvalue weighted by molar-refractivity contribution is 6.88. The Morgan fingerprint density at radius 1 is 0.649 bits per heavy atom. The molecule has 0 atom stereocenters. The molecule has 0 radical (unpaired) electrons. The summed E-state index contributed by atoms with van der Waals surface area (Å²) in [6.07, 6.45) is 0. The lowest BCUT2D eigenvalue weighted by atomic mass is 9.46. The van der Waals surface area contributed by atoms with Gasteiger partial charge in [-0.3, -0.25) is 0 Å². The quantitative estimate of drug-likeness (QED) is 0.201. The minimum absolute atomic E-state index is 0.0160. The third-order valence-corrected chi connectivity index (χ3v) is 8.42. The lowest BCUT2D eigenvalue weighted by Crippen LogP contribution is -2.54. The average molecular weight is 483 g/mol. The van der Waals surface area contributed by atoms with Crippen LogP contribution in [0, 0.1) is 13.8 Å². The molecule has 0 unspecified atom stereocenters. The third kappa shape index (κ3) is 3.13. The first-order valence-corrected chi connectivity index (χ1v) is 13.5. The number of ether oxygens (including phenoxy) is 1. The summed E-state index contributed by atoms with van der Waals surface area (Å²) in [6, 6.07) is 23.3. The van der Waals surface area contributed by atoms with Gasteiger partial charge in [0.05, 0.1) is 0 Å². The van der Waals surface area contributed by atoms with Crippen LogP contribution in [0.1, 0.15) is 63.8 Å². The summed E-state index contributed by atoms with van der Waals surface area (Å²) in [7, 11) is 0. The van der Waals surface area contributed by atoms with Crippen molar-refractivity contribution in [3.63, 3.8) is 0 Å². The predicted molar refractivity (Wildman–Crippen MR) is 159 cm³/mol. The number of benzene rings is 4. The summed E-state index contributed by atoms with van der Waals surface area (Å²) in [4.78, 5) is 0. The van der Waals surface area contributed by atoms with E-state index in [0.717, 1.165) is 11.5 Å². The van der Waals surface area contributed by atoms with Crippen molar-refractivity contribution >= 4 is 39.6 Å². The topological polar surface area (TPSA) is 14.2 Å². The van der Waals surface area contributed by atoms with E-state index in [1.54, 1.807) is 0 Å². The van der Waals surface area contributed by atoms with E-state index in [4.69, 9.17) is 4.74 Å². The molecule has 0 bridgehead atoms. The standard InChI is InChI=1S/C34H34BNO/c1-19-9-12-28-23(13-19)25-14-20(2)15-26-24-16-22(34(6,7)8)18-30-31(24)35(36(28)32(25)26)27-11-10-21(33(3,4)5)17-29(27)37-30/h9-18H,1-8H3. The smallest absolute Gasteiger partial charge is 0.336 e. The maximum absolute atomic E-state index is 6.83. The van der Waals surface area contributed by atoms with Gasteiger partial charge in [0.15, 0.2) is 0 Å². The zero-order valence-corrected chi connectivity index (χ0v) is 23.2. The molecule has 3 heteroatoms. The summed E-state index contributed by atoms with van der Waals surface area (Å²) in [5.41, 5.74) is 13.1. The lowest BCUT2D eigenvalue weighted by molar-refractivity contribution is 0.479. The Morgan fingerprint density at radius 2 is 1.35 bits per heavy atom. The summed E-state index contributed by atoms with van der Waals surface area (Å²) in [5, 5.41) is 2.69. The Balaban J connectivity index is 1.67. The fourth-order valence-corrected chi connectivity index (χ4v) is 6.42. The Labute approximate surface area is 220 Å². The number of aromatic nitrogens is 1. The van der Waals surface area contributed by atoms with Crippen LogP contribution in [0.3, 0.4) is 0 Å². The van der Waals surface area contributed by atoms with Crippen LogP contribution in [0.2, 0.25) is 0 Å². The summed E-state index contributed by atoms with van der Waals surface area (Å²) in [6.45, 7) is 18.2. The first-order chi connectivity index (χ1) is 17.4. The van der Waals surface area contributed by atoms with Crippen LogP contribution in [-0.2, 0) is 10.8 Å². The van der Waals surface area contributed by atoms with E-state index in [2.05, 4.69) is 121 Å². The van der Waals surface area contributed by atoms with Crippen molar-refractivity contribution in [1.82, 2.24) is 4.48 Å². The van der Waals surface area contributed by atoms with Crippen molar-refractivity contribution in [2.75, 3.05) is 0 Å². The van der Waals surface area contributed by atoms with Gasteiger partial charge in [0.1, 0.15) is 11.5 Å². The Bertz CT molecular complexity index is 1790. The second-order valence-corrected chi connectivity index (χ2v) is 13.3. The predicted octanol–water partition coefficient (Wildman–Crippen LogP) is 7.75. The van der Waals surface area contributed by atoms with Gasteiger partial charge in [-0.2, -0.15) is 0 Å². The average Bonchev–Trinajstić information content (AvgIpc) is 3.13. The Kier molecular flexibility index (Phi) is 4.36. The zero-order valence-electron chi connectivity index (χ0n) is 23.2. The molecular weight excluding hydrogens is 449 g/mol. The molecular formula is C34H34BNO. The molecule has 184 valence electrons. The third-order valence-electron chi connectivity index (χ3n) is 8.42. The minimum Gasteiger partial charge on any atom is -0.458 e. The highest BCUT2D eigenvalue weighted by atomic mass is 16.5. The first kappa shape index (κ1) is 22.7. The maximum atomic E-state index is 6.83. The van der Waals surface area contributed by atoms with E-state index in [1.807, 2.05) is 0 Å². The van der Waals surface area contributed by atoms with Crippen LogP contribution in [0.15, 0.2) is 60.7 Å². The van der Waals surface area contributed by atoms with Crippen molar-refractivity contribution in [3.05, 3.63) is 82.9 Å². The number of aryl methyl sites for hydroxylation is 2. The maximum Gasteiger partial charge on any atom is 0.336 e. The van der Waals surface area contributed by atoms with Crippen molar-refractivity contribution < 1.29 is 4.74 Å². The number of nitrogens with zero attached hydrogens (tertiary/aromatic N) is 1. The van der Waals surface area contributed by atoms with Gasteiger partial charge in [0, 0.05) is 32.8 Å². The van der Waals surface area contributed by atoms with Gasteiger partial charge < -0.3 is 9.21 Å². The first-order valence-electron chi connectivity index (χ1n) is 13.5. The van der Waals surface area contributed by atoms with E-state index in [0.29, 0.717) is 0 Å². The molecule has 0 amide bonds. The molecule has 7 rings (SSSR count). The fourth-order valence-electron chi connectivity index (χ4n) is 6.42. The molecule has 2 aliphatic rings. The molecule has 1 aromatic heterocycles. The molecule has 0 saturated heterocycles. The van der Waals surface area contributed by atoms with E-state index < -0.39 is 0 Å². The van der Waals surface area contributed by atoms with E-state index in [1.165, 1.54) is 66.1 Å². The van der Waals surface area contributed by atoms with Crippen LogP contribution < -0.4 is 15.7 Å². The van der Waals surface area contributed by atoms with Crippen LogP contribution in [0.4, 0.5) is 0 Å². The van der Waals surface area contributed by atoms with Crippen molar-refractivity contribution in [1.29, 1.82) is 0 Å². The van der Waals surface area contributed by atoms with Crippen LogP contribution >= 0.6 is 0 Å². The fraction of sp³-hybridized carbons (Fsp3) is 0.294. The molecule has 0 aliphatic carbocycles. The molecule has 0 spiro atoms. The monoisotopic (exact) mass is 483 g/mol. The molecule has 2 aliphatic heterocycles. The molecule has 2 nitrogen and oxygen atoms in total. The highest BCUT2D eigenvalue weighted by Crippen LogP contribution is 2.45. The zero-order chi connectivity index (χ0) is 26.0. The number of rotatable bonds is 0. The summed E-state index contributed by atoms with van der Waals surface area (Å²) < 4.78 is 9.43. The second kappa shape index (κ2) is 7.10. The van der Waals surface area contributed by atoms with Gasteiger partial charge in [-0.1, -0.05) is 71.4 Å². The summed E-state index contributed by atoms with van der Waals surface area (Å²) >= 11 is 0. The van der Waals surface area contributed by atoms with E-state index in [-0.39, 0.29) is 17.7 Å². The van der Waals surface area contributed by atoms with Gasteiger partial charge in [0.25, 0.3) is 0 Å². The number of hydrogen-bond acceptors (Lipinski definition) is 1. The highest BCUT2D eigenvalue weighted by Gasteiger charge is 2.42. The van der Waals surface area contributed by atoms with Gasteiger partial charge in [-0.15, -0.1) is 0 Å². The molecule has 0 N–H and O–H groups in total. The summed E-state index contributed by atoms with van der Waals surface area (Å²) in [5.74, 6) is 1.99. The van der Waals surface area contributed by atoms with Gasteiger partial charge in [-0.25, -0.2) is 0 Å². The van der Waals surface area contributed by atoms with E-state index in [9.17, 15) is 0 Å².